The van der Waals surface area contributed by atoms with Crippen molar-refractivity contribution in [3.05, 3.63) is 48.5 Å². The van der Waals surface area contributed by atoms with Gasteiger partial charge in [-0.2, -0.15) is 0 Å². The number of amides is 1. The Hall–Kier alpha value is -2.82. The van der Waals surface area contributed by atoms with E-state index in [2.05, 4.69) is 75.7 Å². The van der Waals surface area contributed by atoms with Gasteiger partial charge in [0.2, 0.25) is 5.78 Å². The van der Waals surface area contributed by atoms with Crippen molar-refractivity contribution in [3.63, 3.8) is 0 Å². The monoisotopic (exact) mass is 611 g/mol. The molecule has 0 radical (unpaired) electrons. The van der Waals surface area contributed by atoms with Crippen LogP contribution in [0.2, 0.25) is 22.2 Å². The van der Waals surface area contributed by atoms with E-state index in [1.54, 1.807) is 28.8 Å². The predicted molar refractivity (Wildman–Crippen MR) is 162 cm³/mol. The molecule has 11 nitrogen and oxygen atoms in total. The Morgan fingerprint density at radius 2 is 1.57 bits per heavy atom. The van der Waals surface area contributed by atoms with Gasteiger partial charge in [0.15, 0.2) is 23.2 Å². The van der Waals surface area contributed by atoms with Crippen LogP contribution in [0, 0.1) is 0 Å². The fraction of sp³-hybridized carbons (Fsp3) is 0.552. The van der Waals surface area contributed by atoms with Crippen LogP contribution >= 0.6 is 0 Å². The molecule has 1 N–H and O–H groups in total. The van der Waals surface area contributed by atoms with Crippen LogP contribution < -0.4 is 5.32 Å². The van der Waals surface area contributed by atoms with Gasteiger partial charge in [-0.1, -0.05) is 73.6 Å². The van der Waals surface area contributed by atoms with E-state index in [0.29, 0.717) is 16.7 Å². The van der Waals surface area contributed by atoms with Crippen molar-refractivity contribution in [2.75, 3.05) is 11.9 Å². The van der Waals surface area contributed by atoms with Crippen LogP contribution in [0.5, 0.6) is 0 Å². The van der Waals surface area contributed by atoms with Crippen LogP contribution in [0.4, 0.5) is 5.82 Å². The lowest BCUT2D eigenvalue weighted by Gasteiger charge is -2.50. The second-order valence-corrected chi connectivity index (χ2v) is 21.2. The minimum atomic E-state index is -3.00. The summed E-state index contributed by atoms with van der Waals surface area (Å²) in [5.41, 5.74) is 1.70. The number of imidazole rings is 1. The minimum absolute atomic E-state index is 0.0775. The zero-order chi connectivity index (χ0) is 30.4. The van der Waals surface area contributed by atoms with Crippen molar-refractivity contribution >= 4 is 45.8 Å². The third-order valence-electron chi connectivity index (χ3n) is 8.37. The molecule has 1 amide bonds. The summed E-state index contributed by atoms with van der Waals surface area (Å²) in [6.45, 7) is 17.3. The summed E-state index contributed by atoms with van der Waals surface area (Å²) in [4.78, 5) is 40.0. The maximum atomic E-state index is 14.1. The summed E-state index contributed by atoms with van der Waals surface area (Å²) in [5.74, 6) is -0.316. The van der Waals surface area contributed by atoms with Gasteiger partial charge in [0.05, 0.1) is 12.9 Å². The maximum Gasteiger partial charge on any atom is 0.335 e. The number of fused-ring (bicyclic) bond motifs is 2. The van der Waals surface area contributed by atoms with Gasteiger partial charge in [0.25, 0.3) is 5.91 Å². The van der Waals surface area contributed by atoms with Gasteiger partial charge >= 0.3 is 17.1 Å². The third-order valence-corrected chi connectivity index (χ3v) is 18.6. The number of ketones is 1. The van der Waals surface area contributed by atoms with Crippen LogP contribution in [-0.2, 0) is 22.5 Å². The maximum absolute atomic E-state index is 14.1. The summed E-state index contributed by atoms with van der Waals surface area (Å²) in [7, 11) is -5.78. The summed E-state index contributed by atoms with van der Waals surface area (Å²) in [5, 5.41) is 2.81. The molecule has 3 aromatic rings. The first kappa shape index (κ1) is 30.6. The number of hydrogen-bond donors (Lipinski definition) is 1. The number of carbonyl (C=O) groups is 2. The number of aromatic nitrogens is 4. The van der Waals surface area contributed by atoms with Crippen LogP contribution in [0.3, 0.4) is 0 Å². The Labute approximate surface area is 248 Å². The zero-order valence-electron chi connectivity index (χ0n) is 25.5. The standard InChI is InChI=1S/C29H41N5O6Si2/c1-17(2)41(18(3)4)37-14-22-25(39-42(40-41,19(5)6)20(7)8)24(35)29(38-22)34-16-32-23-26(30-15-31-27(23)34)33-28(36)21-12-10-9-11-13-21/h9-13,15-20,22,25,29H,14H2,1-8H3,(H,30,31,33,36). The molecule has 1 aromatic carbocycles. The highest BCUT2D eigenvalue weighted by molar-refractivity contribution is 6.84. The van der Waals surface area contributed by atoms with Gasteiger partial charge in [-0.05, 0) is 34.3 Å². The molecule has 42 heavy (non-hydrogen) atoms. The topological polar surface area (TPSA) is 127 Å². The summed E-state index contributed by atoms with van der Waals surface area (Å²) < 4.78 is 28.9. The molecule has 226 valence electrons. The smallest absolute Gasteiger partial charge is 0.335 e. The molecule has 2 aliphatic rings. The fourth-order valence-electron chi connectivity index (χ4n) is 6.10. The van der Waals surface area contributed by atoms with Gasteiger partial charge < -0.3 is 23.0 Å². The van der Waals surface area contributed by atoms with E-state index >= 15 is 0 Å². The lowest BCUT2D eigenvalue weighted by molar-refractivity contribution is -0.130. The van der Waals surface area contributed by atoms with Gasteiger partial charge in [-0.25, -0.2) is 15.0 Å². The molecule has 0 saturated carbocycles. The Kier molecular flexibility index (Phi) is 8.53. The van der Waals surface area contributed by atoms with Crippen LogP contribution in [0.1, 0.15) is 72.0 Å². The Bertz CT molecular complexity index is 1430. The third kappa shape index (κ3) is 5.15. The molecule has 2 aliphatic heterocycles. The Morgan fingerprint density at radius 3 is 2.19 bits per heavy atom. The van der Waals surface area contributed by atoms with Crippen LogP contribution in [0.15, 0.2) is 43.0 Å². The van der Waals surface area contributed by atoms with E-state index in [-0.39, 0.29) is 46.3 Å². The summed E-state index contributed by atoms with van der Waals surface area (Å²) in [6.07, 6.45) is 0.330. The lowest BCUT2D eigenvalue weighted by Crippen LogP contribution is -2.65. The molecule has 3 unspecified atom stereocenters. The highest BCUT2D eigenvalue weighted by atomic mass is 28.5. The highest BCUT2D eigenvalue weighted by Crippen LogP contribution is 2.47. The molecule has 0 aliphatic carbocycles. The number of anilines is 1. The van der Waals surface area contributed by atoms with Gasteiger partial charge in [-0.15, -0.1) is 0 Å². The molecule has 4 heterocycles. The van der Waals surface area contributed by atoms with Crippen LogP contribution in [0.25, 0.3) is 11.2 Å². The quantitative estimate of drug-likeness (QED) is 0.345. The normalized spacial score (nSPS) is 23.9. The number of ether oxygens (including phenoxy) is 1. The predicted octanol–water partition coefficient (Wildman–Crippen LogP) is 5.50. The fourth-order valence-corrected chi connectivity index (χ4v) is 17.3. The molecule has 0 spiro atoms. The van der Waals surface area contributed by atoms with Gasteiger partial charge in [-0.3, -0.25) is 14.2 Å². The molecule has 2 fully saturated rings. The highest BCUT2D eigenvalue weighted by Gasteiger charge is 2.61. The van der Waals surface area contributed by atoms with E-state index < -0.39 is 35.6 Å². The first-order valence-corrected chi connectivity index (χ1v) is 18.6. The molecule has 2 aromatic heterocycles. The first-order chi connectivity index (χ1) is 19.9. The van der Waals surface area contributed by atoms with E-state index in [0.717, 1.165) is 0 Å². The number of hydrogen-bond acceptors (Lipinski definition) is 9. The Balaban J connectivity index is 1.50. The van der Waals surface area contributed by atoms with Crippen molar-refractivity contribution in [1.29, 1.82) is 0 Å². The number of Topliss-reactive ketones (excluding diaryl/α,β-unsaturated/α-hetero) is 1. The minimum Gasteiger partial charge on any atom is -0.414 e. The number of benzene rings is 1. The number of nitrogens with zero attached hydrogens (tertiary/aromatic N) is 4. The van der Waals surface area contributed by atoms with Crippen molar-refractivity contribution in [3.8, 4) is 0 Å². The van der Waals surface area contributed by atoms with E-state index in [1.807, 2.05) is 6.07 Å². The number of rotatable bonds is 7. The number of carbonyl (C=O) groups excluding carboxylic acids is 2. The van der Waals surface area contributed by atoms with E-state index in [9.17, 15) is 9.59 Å². The molecule has 3 atom stereocenters. The van der Waals surface area contributed by atoms with Gasteiger partial charge in [0, 0.05) is 5.56 Å². The van der Waals surface area contributed by atoms with E-state index in [4.69, 9.17) is 17.7 Å². The molecule has 5 rings (SSSR count). The first-order valence-electron chi connectivity index (χ1n) is 14.7. The number of nitrogens with one attached hydrogen (secondary N) is 1. The molecule has 13 heteroatoms. The Morgan fingerprint density at radius 1 is 0.929 bits per heavy atom. The second kappa shape index (κ2) is 11.7. The van der Waals surface area contributed by atoms with Gasteiger partial charge in [0.1, 0.15) is 18.5 Å². The van der Waals surface area contributed by atoms with Crippen molar-refractivity contribution in [2.45, 2.75) is 96.0 Å². The average molecular weight is 612 g/mol. The molecule has 0 bridgehead atoms. The molecular formula is C29H41N5O6Si2. The molecular weight excluding hydrogens is 571 g/mol. The van der Waals surface area contributed by atoms with Crippen molar-refractivity contribution < 1.29 is 27.3 Å². The van der Waals surface area contributed by atoms with E-state index in [1.165, 1.54) is 12.7 Å². The largest absolute Gasteiger partial charge is 0.414 e. The van der Waals surface area contributed by atoms with Crippen LogP contribution in [-0.4, -0.2) is 67.1 Å². The molecule has 2 saturated heterocycles. The summed E-state index contributed by atoms with van der Waals surface area (Å²) in [6, 6.07) is 8.83. The average Bonchev–Trinajstić information content (AvgIpc) is 3.49. The van der Waals surface area contributed by atoms with Crippen molar-refractivity contribution in [2.24, 2.45) is 0 Å². The van der Waals surface area contributed by atoms with Crippen molar-refractivity contribution in [1.82, 2.24) is 19.5 Å². The lowest BCUT2D eigenvalue weighted by atomic mass is 10.1. The zero-order valence-corrected chi connectivity index (χ0v) is 27.5. The SMILES string of the molecule is CC(C)[Si]1(C(C)C)OCC2OC(n3cnc4c(NC(=O)c5ccccc5)ncnc43)C(=O)C2O[Si](C(C)C)(C(C)C)O1. The second-order valence-electron chi connectivity index (χ2n) is 12.3. The summed E-state index contributed by atoms with van der Waals surface area (Å²) >= 11 is 0.